The first-order valence-corrected chi connectivity index (χ1v) is 27.1. The molecule has 17 aromatic carbocycles. The van der Waals surface area contributed by atoms with Crippen LogP contribution in [0.3, 0.4) is 0 Å². The van der Waals surface area contributed by atoms with Crippen LogP contribution in [0.5, 0.6) is 0 Å². The molecule has 0 atom stereocenters. The van der Waals surface area contributed by atoms with Crippen molar-refractivity contribution in [3.05, 3.63) is 291 Å². The van der Waals surface area contributed by atoms with Gasteiger partial charge in [0.2, 0.25) is 0 Å². The summed E-state index contributed by atoms with van der Waals surface area (Å²) in [4.78, 5) is 0. The van der Waals surface area contributed by atoms with Gasteiger partial charge in [0.25, 0.3) is 0 Å². The first kappa shape index (κ1) is 44.2. The molecular formula is C78H48. The summed E-state index contributed by atoms with van der Waals surface area (Å²) in [5.41, 5.74) is 12.6. The Hall–Kier alpha value is -10.1. The topological polar surface area (TPSA) is 0 Å². The fourth-order valence-electron chi connectivity index (χ4n) is 13.2. The van der Waals surface area contributed by atoms with E-state index in [-0.39, 0.29) is 0 Å². The first-order chi connectivity index (χ1) is 38.7. The van der Waals surface area contributed by atoms with Crippen LogP contribution >= 0.6 is 0 Å². The van der Waals surface area contributed by atoms with Crippen LogP contribution in [0.25, 0.3) is 163 Å². The Morgan fingerprint density at radius 3 is 1.09 bits per heavy atom. The quantitative estimate of drug-likeness (QED) is 0.119. The van der Waals surface area contributed by atoms with E-state index < -0.39 is 0 Å². The molecule has 17 aromatic rings. The highest BCUT2D eigenvalue weighted by molar-refractivity contribution is 6.28. The third kappa shape index (κ3) is 7.01. The zero-order valence-corrected chi connectivity index (χ0v) is 42.7. The molecular weight excluding hydrogens is 937 g/mol. The zero-order chi connectivity index (χ0) is 51.3. The van der Waals surface area contributed by atoms with Gasteiger partial charge in [-0.2, -0.15) is 0 Å². The molecule has 0 radical (unpaired) electrons. The van der Waals surface area contributed by atoms with E-state index in [0.717, 1.165) is 0 Å². The fraction of sp³-hybridized carbons (Fsp3) is 0. The second-order valence-electron chi connectivity index (χ2n) is 21.0. The van der Waals surface area contributed by atoms with Crippen LogP contribution in [0.1, 0.15) is 0 Å². The highest BCUT2D eigenvalue weighted by Crippen LogP contribution is 2.47. The van der Waals surface area contributed by atoms with Crippen molar-refractivity contribution in [1.29, 1.82) is 0 Å². The smallest absolute Gasteiger partial charge is 0.00201 e. The summed E-state index contributed by atoms with van der Waals surface area (Å²) in [7, 11) is 0. The summed E-state index contributed by atoms with van der Waals surface area (Å²) < 4.78 is 0. The minimum Gasteiger partial charge on any atom is -0.0622 e. The number of hydrogen-bond donors (Lipinski definition) is 0. The lowest BCUT2D eigenvalue weighted by atomic mass is 9.84. The zero-order valence-electron chi connectivity index (χ0n) is 42.7. The lowest BCUT2D eigenvalue weighted by Crippen LogP contribution is -1.91. The molecule has 0 saturated carbocycles. The van der Waals surface area contributed by atoms with Crippen molar-refractivity contribution < 1.29 is 0 Å². The lowest BCUT2D eigenvalue weighted by Gasteiger charge is -2.19. The lowest BCUT2D eigenvalue weighted by molar-refractivity contribution is 1.59. The van der Waals surface area contributed by atoms with Crippen molar-refractivity contribution >= 4 is 108 Å². The minimum atomic E-state index is 1.23. The highest BCUT2D eigenvalue weighted by atomic mass is 14.2. The van der Waals surface area contributed by atoms with Crippen LogP contribution in [0.15, 0.2) is 291 Å². The second kappa shape index (κ2) is 17.7. The van der Waals surface area contributed by atoms with E-state index in [9.17, 15) is 0 Å². The predicted octanol–water partition coefficient (Wildman–Crippen LogP) is 22.1. The van der Waals surface area contributed by atoms with E-state index in [1.165, 1.54) is 163 Å². The molecule has 0 aliphatic rings. The molecule has 0 saturated heterocycles. The van der Waals surface area contributed by atoms with Gasteiger partial charge in [-0.3, -0.25) is 0 Å². The molecule has 360 valence electrons. The molecule has 0 aliphatic heterocycles. The van der Waals surface area contributed by atoms with E-state index in [2.05, 4.69) is 291 Å². The van der Waals surface area contributed by atoms with Crippen LogP contribution in [0.4, 0.5) is 0 Å². The van der Waals surface area contributed by atoms with E-state index in [1.54, 1.807) is 0 Å². The Bertz CT molecular complexity index is 4940. The maximum Gasteiger partial charge on any atom is -0.00201 e. The SMILES string of the molecule is c1ccc(-c2cc(-c3ccc4ccc5cccc6ccc3c4c56)cc(-c3ccc4ccc5cccc6ccc3c4c56)c2)cc1.c1ccc2cc(-c3c4ccccc4c(-c4cccc5ccccc45)c4ccccc34)ccc2c1. The van der Waals surface area contributed by atoms with Gasteiger partial charge >= 0.3 is 0 Å². The van der Waals surface area contributed by atoms with Gasteiger partial charge in [-0.15, -0.1) is 0 Å². The van der Waals surface area contributed by atoms with Crippen LogP contribution < -0.4 is 0 Å². The first-order valence-electron chi connectivity index (χ1n) is 27.1. The van der Waals surface area contributed by atoms with Crippen molar-refractivity contribution in [3.8, 4) is 55.6 Å². The van der Waals surface area contributed by atoms with Gasteiger partial charge in [-0.05, 0) is 188 Å². The van der Waals surface area contributed by atoms with E-state index in [1.807, 2.05) is 0 Å². The molecule has 0 aliphatic carbocycles. The van der Waals surface area contributed by atoms with Gasteiger partial charge in [0.1, 0.15) is 0 Å². The summed E-state index contributed by atoms with van der Waals surface area (Å²) in [6.07, 6.45) is 0. The highest BCUT2D eigenvalue weighted by Gasteiger charge is 2.20. The largest absolute Gasteiger partial charge is 0.0622 e. The van der Waals surface area contributed by atoms with Gasteiger partial charge in [-0.1, -0.05) is 267 Å². The Morgan fingerprint density at radius 2 is 0.526 bits per heavy atom. The van der Waals surface area contributed by atoms with Crippen LogP contribution in [-0.2, 0) is 0 Å². The van der Waals surface area contributed by atoms with E-state index in [4.69, 9.17) is 0 Å². The molecule has 0 heterocycles. The van der Waals surface area contributed by atoms with Gasteiger partial charge in [0.05, 0.1) is 0 Å². The number of benzene rings is 17. The average Bonchev–Trinajstić information content (AvgIpc) is 3.64. The molecule has 0 heteroatoms. The van der Waals surface area contributed by atoms with Gasteiger partial charge < -0.3 is 0 Å². The van der Waals surface area contributed by atoms with Crippen molar-refractivity contribution in [2.45, 2.75) is 0 Å². The third-order valence-electron chi connectivity index (χ3n) is 16.7. The number of fused-ring (bicyclic) bond motifs is 4. The van der Waals surface area contributed by atoms with E-state index in [0.29, 0.717) is 0 Å². The summed E-state index contributed by atoms with van der Waals surface area (Å²) in [5.74, 6) is 0. The standard InChI is InChI=1S/C44H26.C34H22/c1-2-6-27(7-3-1)34-24-35(37-20-16-32-14-12-28-8-4-10-30-18-22-39(37)43(32)41(28)30)26-36(25-34)38-21-17-33-15-13-29-9-5-11-31-19-23-40(38)44(33)42(29)31;1-2-12-25-22-26(21-20-23(25)10-1)33-29-15-5-7-17-31(29)34(32-18-8-6-16-30(32)33)28-19-9-13-24-11-3-4-14-27(24)28/h1-26H;1-22H. The van der Waals surface area contributed by atoms with Crippen molar-refractivity contribution in [1.82, 2.24) is 0 Å². The third-order valence-corrected chi connectivity index (χ3v) is 16.7. The Kier molecular flexibility index (Phi) is 10.0. The molecule has 17 rings (SSSR count). The molecule has 78 heavy (non-hydrogen) atoms. The Balaban J connectivity index is 0.000000135. The molecule has 0 N–H and O–H groups in total. The van der Waals surface area contributed by atoms with Crippen LogP contribution in [0.2, 0.25) is 0 Å². The van der Waals surface area contributed by atoms with Crippen LogP contribution in [0, 0.1) is 0 Å². The van der Waals surface area contributed by atoms with Gasteiger partial charge in [-0.25, -0.2) is 0 Å². The Labute approximate surface area is 452 Å². The summed E-state index contributed by atoms with van der Waals surface area (Å²) in [6, 6.07) is 107. The van der Waals surface area contributed by atoms with Crippen molar-refractivity contribution in [2.24, 2.45) is 0 Å². The van der Waals surface area contributed by atoms with Gasteiger partial charge in [0.15, 0.2) is 0 Å². The second-order valence-corrected chi connectivity index (χ2v) is 21.0. The number of hydrogen-bond acceptors (Lipinski definition) is 0. The maximum absolute atomic E-state index is 2.41. The normalized spacial score (nSPS) is 11.8. The Morgan fingerprint density at radius 1 is 0.141 bits per heavy atom. The summed E-state index contributed by atoms with van der Waals surface area (Å²) in [6.45, 7) is 0. The fourth-order valence-corrected chi connectivity index (χ4v) is 13.2. The number of rotatable bonds is 5. The monoisotopic (exact) mass is 984 g/mol. The molecule has 0 bridgehead atoms. The van der Waals surface area contributed by atoms with Crippen LogP contribution in [-0.4, -0.2) is 0 Å². The van der Waals surface area contributed by atoms with Crippen molar-refractivity contribution in [2.75, 3.05) is 0 Å². The minimum absolute atomic E-state index is 1.23. The predicted molar refractivity (Wildman–Crippen MR) is 337 cm³/mol. The maximum atomic E-state index is 2.41. The average molecular weight is 985 g/mol. The molecule has 0 nitrogen and oxygen atoms in total. The molecule has 0 aromatic heterocycles. The van der Waals surface area contributed by atoms with E-state index >= 15 is 0 Å². The molecule has 0 unspecified atom stereocenters. The molecule has 0 amide bonds. The van der Waals surface area contributed by atoms with Crippen molar-refractivity contribution in [3.63, 3.8) is 0 Å². The van der Waals surface area contributed by atoms with Gasteiger partial charge in [0, 0.05) is 0 Å². The molecule has 0 fully saturated rings. The summed E-state index contributed by atoms with van der Waals surface area (Å²) in [5, 5.41) is 26.1. The molecule has 0 spiro atoms. The summed E-state index contributed by atoms with van der Waals surface area (Å²) >= 11 is 0.